The summed E-state index contributed by atoms with van der Waals surface area (Å²) < 4.78 is 65.6. The van der Waals surface area contributed by atoms with Gasteiger partial charge in [0, 0.05) is 18.3 Å². The number of amides is 1. The first-order valence-corrected chi connectivity index (χ1v) is 18.1. The highest BCUT2D eigenvalue weighted by molar-refractivity contribution is 5.87. The van der Waals surface area contributed by atoms with Crippen LogP contribution in [0.25, 0.3) is 0 Å². The minimum atomic E-state index is -1.56. The lowest BCUT2D eigenvalue weighted by Gasteiger charge is -2.39. The van der Waals surface area contributed by atoms with Gasteiger partial charge in [-0.25, -0.2) is 8.78 Å². The molecule has 3 fully saturated rings. The first kappa shape index (κ1) is 39.4. The van der Waals surface area contributed by atoms with Gasteiger partial charge in [0.2, 0.25) is 23.4 Å². The Morgan fingerprint density at radius 1 is 1.15 bits per heavy atom. The number of aliphatic hydroxyl groups excluding tert-OH is 1. The predicted molar refractivity (Wildman–Crippen MR) is 186 cm³/mol. The van der Waals surface area contributed by atoms with Crippen LogP contribution in [-0.4, -0.2) is 63.7 Å². The first-order valence-electron chi connectivity index (χ1n) is 18.1. The Balaban J connectivity index is 1.14. The Labute approximate surface area is 302 Å². The van der Waals surface area contributed by atoms with E-state index in [1.807, 2.05) is 33.8 Å². The van der Waals surface area contributed by atoms with Crippen molar-refractivity contribution >= 4 is 11.9 Å². The van der Waals surface area contributed by atoms with Crippen molar-refractivity contribution < 1.29 is 46.6 Å². The second kappa shape index (κ2) is 16.5. The van der Waals surface area contributed by atoms with E-state index in [9.17, 15) is 27.9 Å². The zero-order valence-corrected chi connectivity index (χ0v) is 30.8. The van der Waals surface area contributed by atoms with Gasteiger partial charge in [0.05, 0.1) is 36.9 Å². The zero-order valence-electron chi connectivity index (χ0n) is 30.8. The molecule has 2 aliphatic heterocycles. The van der Waals surface area contributed by atoms with Gasteiger partial charge in [-0.05, 0) is 75.5 Å². The molecule has 3 heterocycles. The van der Waals surface area contributed by atoms with Crippen LogP contribution < -0.4 is 10.1 Å². The summed E-state index contributed by atoms with van der Waals surface area (Å²) in [5, 5.41) is 18.2. The average Bonchev–Trinajstić information content (AvgIpc) is 3.51. The van der Waals surface area contributed by atoms with Crippen LogP contribution in [-0.2, 0) is 25.5 Å². The molecule has 2 N–H and O–H groups in total. The van der Waals surface area contributed by atoms with Gasteiger partial charge < -0.3 is 29.2 Å². The number of esters is 1. The Hall–Kier alpha value is -3.81. The predicted octanol–water partition coefficient (Wildman–Crippen LogP) is 6.75. The lowest BCUT2D eigenvalue weighted by atomic mass is 9.82. The maximum absolute atomic E-state index is 14.7. The summed E-state index contributed by atoms with van der Waals surface area (Å²) in [5.41, 5.74) is 0.377. The van der Waals surface area contributed by atoms with Crippen LogP contribution in [0.15, 0.2) is 46.5 Å². The largest absolute Gasteiger partial charge is 0.420 e. The van der Waals surface area contributed by atoms with Crippen LogP contribution in [0, 0.1) is 41.6 Å². The Morgan fingerprint density at radius 3 is 2.54 bits per heavy atom. The standard InChI is InChI=1S/C39H50F3N3O7/c1-8-26-16-28(40)35(42)36(34(26)41)51-33(47)17-27-19-39(18-23(39)5)37(48)31(50-27)13-10-20(2)9-12-30-22(4)15-29(24(6)49-30)44-32(46)14-11-21(3)38-43-25(7)52-45-38/h9-11,13-14,16,21-24,27,29-31,37,48H,8,12,15,17-19H2,1-7H3,(H,44,46)/b13-10+,14-11-,20-9+/t21-,22-,23?,24+,27+,29+,30-,31+,37+,39?/m0/s1. The van der Waals surface area contributed by atoms with Gasteiger partial charge in [0.15, 0.2) is 17.5 Å². The van der Waals surface area contributed by atoms with Crippen molar-refractivity contribution in [3.8, 4) is 5.75 Å². The van der Waals surface area contributed by atoms with E-state index < -0.39 is 52.9 Å². The molecule has 3 aliphatic rings. The molecular weight excluding hydrogens is 679 g/mol. The molecule has 0 radical (unpaired) electrons. The second-order valence-electron chi connectivity index (χ2n) is 14.8. The highest BCUT2D eigenvalue weighted by atomic mass is 19.2. The number of halogens is 3. The normalized spacial score (nSPS) is 31.3. The molecule has 1 spiro atoms. The minimum Gasteiger partial charge on any atom is -0.420 e. The third-order valence-electron chi connectivity index (χ3n) is 10.8. The van der Waals surface area contributed by atoms with Crippen LogP contribution in [0.2, 0.25) is 0 Å². The summed E-state index contributed by atoms with van der Waals surface area (Å²) in [6, 6.07) is 0.604. The fourth-order valence-corrected chi connectivity index (χ4v) is 7.39. The van der Waals surface area contributed by atoms with Crippen molar-refractivity contribution in [3.63, 3.8) is 0 Å². The smallest absolute Gasteiger partial charge is 0.314 e. The van der Waals surface area contributed by atoms with E-state index in [4.69, 9.17) is 18.7 Å². The summed E-state index contributed by atoms with van der Waals surface area (Å²) in [7, 11) is 0. The number of allylic oxidation sites excluding steroid dienone is 3. The molecule has 1 amide bonds. The van der Waals surface area contributed by atoms with Crippen molar-refractivity contribution in [1.29, 1.82) is 0 Å². The Bertz CT molecular complexity index is 1710. The van der Waals surface area contributed by atoms with E-state index in [1.54, 1.807) is 26.0 Å². The van der Waals surface area contributed by atoms with E-state index in [-0.39, 0.29) is 60.3 Å². The number of carbonyl (C=O) groups excluding carboxylic acids is 2. The number of nitrogens with one attached hydrogen (secondary N) is 1. The zero-order chi connectivity index (χ0) is 37.9. The van der Waals surface area contributed by atoms with Gasteiger partial charge in [-0.2, -0.15) is 9.37 Å². The number of benzene rings is 1. The Morgan fingerprint density at radius 2 is 1.88 bits per heavy atom. The lowest BCUT2D eigenvalue weighted by molar-refractivity contribution is -0.156. The van der Waals surface area contributed by atoms with Gasteiger partial charge in [0.1, 0.15) is 6.10 Å². The fraction of sp³-hybridized carbons (Fsp3) is 0.590. The monoisotopic (exact) mass is 729 g/mol. The summed E-state index contributed by atoms with van der Waals surface area (Å²) in [6.45, 7) is 13.2. The summed E-state index contributed by atoms with van der Waals surface area (Å²) in [4.78, 5) is 29.7. The second-order valence-corrected chi connectivity index (χ2v) is 14.8. The molecule has 2 unspecified atom stereocenters. The Kier molecular flexibility index (Phi) is 12.5. The SMILES string of the molecule is CCc1cc(F)c(F)c(OC(=O)C[C@@H]2CC3(CC3C)[C@H](O)[C@@H](/C=C/C(C)=C/C[C@@H]3O[C@H](C)[C@H](NC(=O)/C=C\[C@H](C)c4noc(C)n4)C[C@@H]3C)O2)c1F. The number of nitrogens with zero attached hydrogens (tertiary/aromatic N) is 2. The quantitative estimate of drug-likeness (QED) is 0.0801. The van der Waals surface area contributed by atoms with E-state index in [1.165, 1.54) is 6.08 Å². The molecular formula is C39H50F3N3O7. The van der Waals surface area contributed by atoms with Crippen LogP contribution >= 0.6 is 0 Å². The molecule has 52 heavy (non-hydrogen) atoms. The highest BCUT2D eigenvalue weighted by Crippen LogP contribution is 2.61. The van der Waals surface area contributed by atoms with Gasteiger partial charge in [-0.1, -0.05) is 62.7 Å². The number of rotatable bonds is 12. The number of ether oxygens (including phenoxy) is 3. The molecule has 1 aromatic carbocycles. The van der Waals surface area contributed by atoms with Gasteiger partial charge in [0.25, 0.3) is 0 Å². The number of aliphatic hydroxyl groups is 1. The highest BCUT2D eigenvalue weighted by Gasteiger charge is 2.61. The van der Waals surface area contributed by atoms with Gasteiger partial charge >= 0.3 is 5.97 Å². The first-order chi connectivity index (χ1) is 24.6. The average molecular weight is 730 g/mol. The van der Waals surface area contributed by atoms with Crippen molar-refractivity contribution in [2.45, 2.75) is 129 Å². The van der Waals surface area contributed by atoms with Crippen LogP contribution in [0.4, 0.5) is 13.2 Å². The third-order valence-corrected chi connectivity index (χ3v) is 10.8. The molecule has 0 bridgehead atoms. The third kappa shape index (κ3) is 9.03. The number of aromatic nitrogens is 2. The molecule has 2 saturated heterocycles. The van der Waals surface area contributed by atoms with E-state index in [0.29, 0.717) is 24.6 Å². The fourth-order valence-electron chi connectivity index (χ4n) is 7.39. The van der Waals surface area contributed by atoms with Crippen molar-refractivity contribution in [2.24, 2.45) is 17.3 Å². The van der Waals surface area contributed by atoms with E-state index >= 15 is 0 Å². The molecule has 2 aromatic rings. The van der Waals surface area contributed by atoms with Crippen LogP contribution in [0.1, 0.15) is 96.8 Å². The summed E-state index contributed by atoms with van der Waals surface area (Å²) in [6.07, 6.45) is 8.74. The topological polar surface area (TPSA) is 133 Å². The molecule has 284 valence electrons. The summed E-state index contributed by atoms with van der Waals surface area (Å²) in [5.74, 6) is -4.99. The summed E-state index contributed by atoms with van der Waals surface area (Å²) >= 11 is 0. The number of hydrogen-bond acceptors (Lipinski definition) is 9. The maximum Gasteiger partial charge on any atom is 0.314 e. The molecule has 1 aromatic heterocycles. The van der Waals surface area contributed by atoms with Crippen molar-refractivity contribution in [1.82, 2.24) is 15.5 Å². The molecule has 13 heteroatoms. The van der Waals surface area contributed by atoms with E-state index in [2.05, 4.69) is 28.5 Å². The van der Waals surface area contributed by atoms with Crippen molar-refractivity contribution in [2.75, 3.05) is 0 Å². The molecule has 10 nitrogen and oxygen atoms in total. The van der Waals surface area contributed by atoms with Crippen LogP contribution in [0.5, 0.6) is 5.75 Å². The van der Waals surface area contributed by atoms with Crippen LogP contribution in [0.3, 0.4) is 0 Å². The van der Waals surface area contributed by atoms with Gasteiger partial charge in [-0.15, -0.1) is 0 Å². The van der Waals surface area contributed by atoms with E-state index in [0.717, 1.165) is 24.5 Å². The number of carbonyl (C=O) groups is 2. The minimum absolute atomic E-state index is 0.0628. The maximum atomic E-state index is 14.7. The van der Waals surface area contributed by atoms with Gasteiger partial charge in [-0.3, -0.25) is 9.59 Å². The molecule has 10 atom stereocenters. The number of hydrogen-bond donors (Lipinski definition) is 2. The molecule has 1 saturated carbocycles. The molecule has 5 rings (SSSR count). The number of aryl methyl sites for hydroxylation is 2. The lowest BCUT2D eigenvalue weighted by Crippen LogP contribution is -2.50. The van der Waals surface area contributed by atoms with Crippen molar-refractivity contribution in [3.05, 3.63) is 76.7 Å². The molecule has 1 aliphatic carbocycles.